The first-order valence-corrected chi connectivity index (χ1v) is 5.70. The molecule has 0 bridgehead atoms. The summed E-state index contributed by atoms with van der Waals surface area (Å²) in [6, 6.07) is 5.56. The van der Waals surface area contributed by atoms with E-state index in [0.717, 1.165) is 22.3 Å². The number of benzene rings is 1. The van der Waals surface area contributed by atoms with Crippen LogP contribution in [0.1, 0.15) is 5.56 Å². The number of hydrogen-bond acceptors (Lipinski definition) is 4. The molecule has 0 saturated carbocycles. The lowest BCUT2D eigenvalue weighted by molar-refractivity contribution is -0.241. The van der Waals surface area contributed by atoms with E-state index in [-0.39, 0.29) is 5.01 Å². The van der Waals surface area contributed by atoms with Gasteiger partial charge in [0.2, 0.25) is 0 Å². The first kappa shape index (κ1) is 10.8. The van der Waals surface area contributed by atoms with Crippen LogP contribution in [0.3, 0.4) is 0 Å². The number of hydrogen-bond donors (Lipinski definition) is 1. The molecule has 0 radical (unpaired) electrons. The Morgan fingerprint density at radius 1 is 1.29 bits per heavy atom. The SMILES string of the molecule is Cc1cccc2c1SC1=CN(C(F)(F)F)NN12. The molecule has 7 heteroatoms. The molecule has 17 heavy (non-hydrogen) atoms. The highest BCUT2D eigenvalue weighted by Gasteiger charge is 2.43. The van der Waals surface area contributed by atoms with E-state index in [9.17, 15) is 13.2 Å². The third-order valence-corrected chi connectivity index (χ3v) is 3.81. The maximum absolute atomic E-state index is 12.5. The van der Waals surface area contributed by atoms with Gasteiger partial charge in [-0.3, -0.25) is 0 Å². The monoisotopic (exact) mass is 259 g/mol. The molecule has 90 valence electrons. The quantitative estimate of drug-likeness (QED) is 0.722. The Morgan fingerprint density at radius 2 is 2.06 bits per heavy atom. The van der Waals surface area contributed by atoms with E-state index in [1.54, 1.807) is 6.07 Å². The normalized spacial score (nSPS) is 18.2. The van der Waals surface area contributed by atoms with Gasteiger partial charge in [-0.05, 0) is 18.6 Å². The van der Waals surface area contributed by atoms with Crippen molar-refractivity contribution >= 4 is 17.4 Å². The maximum atomic E-state index is 12.5. The van der Waals surface area contributed by atoms with Gasteiger partial charge in [0, 0.05) is 4.90 Å². The summed E-state index contributed by atoms with van der Waals surface area (Å²) < 4.78 is 37.5. The lowest BCUT2D eigenvalue weighted by Crippen LogP contribution is -2.46. The van der Waals surface area contributed by atoms with Crippen molar-refractivity contribution in [1.82, 2.24) is 10.5 Å². The van der Waals surface area contributed by atoms with Gasteiger partial charge in [0.25, 0.3) is 0 Å². The van der Waals surface area contributed by atoms with Crippen molar-refractivity contribution < 1.29 is 13.2 Å². The standard InChI is InChI=1S/C10H8F3N3S/c1-6-3-2-4-7-9(6)17-8-5-15(10(11,12)13)14-16(7)8/h2-5,14H,1H3. The fourth-order valence-electron chi connectivity index (χ4n) is 1.78. The van der Waals surface area contributed by atoms with E-state index in [1.165, 1.54) is 16.8 Å². The second-order valence-corrected chi connectivity index (χ2v) is 4.80. The minimum atomic E-state index is -4.41. The van der Waals surface area contributed by atoms with E-state index in [4.69, 9.17) is 0 Å². The second kappa shape index (κ2) is 3.33. The predicted molar refractivity (Wildman–Crippen MR) is 58.6 cm³/mol. The Kier molecular flexibility index (Phi) is 2.11. The van der Waals surface area contributed by atoms with Crippen molar-refractivity contribution in [2.24, 2.45) is 0 Å². The number of nitrogens with zero attached hydrogens (tertiary/aromatic N) is 2. The third kappa shape index (κ3) is 1.57. The summed E-state index contributed by atoms with van der Waals surface area (Å²) in [7, 11) is 0. The van der Waals surface area contributed by atoms with Gasteiger partial charge in [0.15, 0.2) is 0 Å². The van der Waals surface area contributed by atoms with Crippen LogP contribution in [0.5, 0.6) is 0 Å². The van der Waals surface area contributed by atoms with Crippen molar-refractivity contribution in [2.45, 2.75) is 18.1 Å². The zero-order valence-corrected chi connectivity index (χ0v) is 9.56. The molecule has 3 nitrogen and oxygen atoms in total. The molecule has 0 saturated heterocycles. The van der Waals surface area contributed by atoms with Crippen molar-refractivity contribution in [3.8, 4) is 0 Å². The zero-order chi connectivity index (χ0) is 12.2. The molecule has 0 spiro atoms. The van der Waals surface area contributed by atoms with Crippen molar-refractivity contribution in [3.63, 3.8) is 0 Å². The smallest absolute Gasteiger partial charge is 0.249 e. The van der Waals surface area contributed by atoms with Gasteiger partial charge in [-0.2, -0.15) is 0 Å². The van der Waals surface area contributed by atoms with Crippen molar-refractivity contribution in [2.75, 3.05) is 5.01 Å². The number of nitrogens with one attached hydrogen (secondary N) is 1. The van der Waals surface area contributed by atoms with Gasteiger partial charge in [0.05, 0.1) is 11.9 Å². The predicted octanol–water partition coefficient (Wildman–Crippen LogP) is 2.96. The van der Waals surface area contributed by atoms with Crippen LogP contribution in [0.25, 0.3) is 0 Å². The molecular weight excluding hydrogens is 251 g/mol. The first-order valence-electron chi connectivity index (χ1n) is 4.88. The molecular formula is C10H8F3N3S. The summed E-state index contributed by atoms with van der Waals surface area (Å²) in [5.74, 6) is 0. The summed E-state index contributed by atoms with van der Waals surface area (Å²) in [4.78, 5) is 0.994. The topological polar surface area (TPSA) is 18.5 Å². The number of alkyl halides is 3. The fraction of sp³-hybridized carbons (Fsp3) is 0.200. The van der Waals surface area contributed by atoms with Gasteiger partial charge in [-0.1, -0.05) is 23.9 Å². The summed E-state index contributed by atoms with van der Waals surface area (Å²) >= 11 is 1.34. The zero-order valence-electron chi connectivity index (χ0n) is 8.75. The fourth-order valence-corrected chi connectivity index (χ4v) is 2.87. The van der Waals surface area contributed by atoms with Gasteiger partial charge in [-0.25, -0.2) is 10.0 Å². The molecule has 0 fully saturated rings. The van der Waals surface area contributed by atoms with Crippen LogP contribution >= 0.6 is 11.8 Å². The number of hydrazine groups is 2. The highest BCUT2D eigenvalue weighted by molar-refractivity contribution is 8.03. The van der Waals surface area contributed by atoms with Crippen molar-refractivity contribution in [3.05, 3.63) is 35.0 Å². The Bertz CT molecular complexity index is 512. The number of anilines is 1. The highest BCUT2D eigenvalue weighted by Crippen LogP contribution is 2.49. The summed E-state index contributed by atoms with van der Waals surface area (Å²) in [5.41, 5.74) is 4.12. The van der Waals surface area contributed by atoms with E-state index in [0.29, 0.717) is 5.03 Å². The summed E-state index contributed by atoms with van der Waals surface area (Å²) in [6.45, 7) is 1.94. The molecule has 3 rings (SSSR count). The minimum absolute atomic E-state index is 0.153. The van der Waals surface area contributed by atoms with Crippen LogP contribution in [0.2, 0.25) is 0 Å². The maximum Gasteiger partial charge on any atom is 0.500 e. The van der Waals surface area contributed by atoms with E-state index < -0.39 is 6.30 Å². The van der Waals surface area contributed by atoms with E-state index in [2.05, 4.69) is 5.53 Å². The number of thioether (sulfide) groups is 1. The molecule has 0 aliphatic carbocycles. The average Bonchev–Trinajstić information content (AvgIpc) is 2.75. The largest absolute Gasteiger partial charge is 0.500 e. The van der Waals surface area contributed by atoms with Crippen LogP contribution in [0, 0.1) is 6.92 Å². The van der Waals surface area contributed by atoms with Crippen LogP contribution in [0.4, 0.5) is 18.9 Å². The van der Waals surface area contributed by atoms with E-state index >= 15 is 0 Å². The molecule has 0 aromatic heterocycles. The molecule has 1 aromatic rings. The Morgan fingerprint density at radius 3 is 2.76 bits per heavy atom. The Balaban J connectivity index is 1.97. The van der Waals surface area contributed by atoms with Crippen LogP contribution < -0.4 is 10.5 Å². The minimum Gasteiger partial charge on any atom is -0.249 e. The molecule has 2 heterocycles. The van der Waals surface area contributed by atoms with Gasteiger partial charge in [0.1, 0.15) is 5.03 Å². The van der Waals surface area contributed by atoms with Gasteiger partial charge < -0.3 is 0 Å². The molecule has 0 unspecified atom stereocenters. The third-order valence-electron chi connectivity index (χ3n) is 2.58. The Labute approximate surface area is 99.8 Å². The first-order chi connectivity index (χ1) is 7.97. The van der Waals surface area contributed by atoms with Crippen LogP contribution in [-0.4, -0.2) is 11.3 Å². The van der Waals surface area contributed by atoms with Crippen molar-refractivity contribution in [1.29, 1.82) is 0 Å². The molecule has 1 N–H and O–H groups in total. The number of aryl methyl sites for hydroxylation is 1. The summed E-state index contributed by atoms with van der Waals surface area (Å²) in [6.07, 6.45) is -3.36. The number of fused-ring (bicyclic) bond motifs is 3. The Hall–Kier alpha value is -1.34. The molecule has 0 amide bonds. The van der Waals surface area contributed by atoms with Gasteiger partial charge >= 0.3 is 6.30 Å². The van der Waals surface area contributed by atoms with Gasteiger partial charge in [-0.15, -0.1) is 18.7 Å². The van der Waals surface area contributed by atoms with Crippen LogP contribution in [-0.2, 0) is 0 Å². The lowest BCUT2D eigenvalue weighted by atomic mass is 10.2. The molecule has 2 aliphatic rings. The second-order valence-electron chi connectivity index (χ2n) is 3.77. The number of rotatable bonds is 0. The van der Waals surface area contributed by atoms with E-state index in [1.807, 2.05) is 19.1 Å². The lowest BCUT2D eigenvalue weighted by Gasteiger charge is -2.23. The average molecular weight is 259 g/mol. The highest BCUT2D eigenvalue weighted by atomic mass is 32.2. The molecule has 0 atom stereocenters. The number of halogens is 3. The summed E-state index contributed by atoms with van der Waals surface area (Å²) in [5, 5.41) is 2.13. The molecule has 2 aliphatic heterocycles. The molecule has 1 aromatic carbocycles. The van der Waals surface area contributed by atoms with Crippen LogP contribution in [0.15, 0.2) is 34.3 Å².